The number of piperidine rings is 1. The van der Waals surface area contributed by atoms with Crippen molar-refractivity contribution in [3.05, 3.63) is 96.1 Å². The molecule has 2 N–H and O–H groups in total. The summed E-state index contributed by atoms with van der Waals surface area (Å²) in [6, 6.07) is 18.1. The van der Waals surface area contributed by atoms with Crippen LogP contribution < -0.4 is 19.5 Å². The Labute approximate surface area is 302 Å². The highest BCUT2D eigenvalue weighted by molar-refractivity contribution is 7.91. The van der Waals surface area contributed by atoms with Gasteiger partial charge in [-0.15, -0.1) is 0 Å². The Morgan fingerprint density at radius 2 is 1.83 bits per heavy atom. The van der Waals surface area contributed by atoms with Crippen LogP contribution in [0.3, 0.4) is 0 Å². The third-order valence-corrected chi connectivity index (χ3v) is 9.58. The number of halogens is 1. The molecule has 272 valence electrons. The second-order valence-corrected chi connectivity index (χ2v) is 15.3. The average Bonchev–Trinajstić information content (AvgIpc) is 3.10. The summed E-state index contributed by atoms with van der Waals surface area (Å²) in [5, 5.41) is 4.16. The van der Waals surface area contributed by atoms with Crippen molar-refractivity contribution < 1.29 is 31.8 Å². The summed E-state index contributed by atoms with van der Waals surface area (Å²) in [6.07, 6.45) is 4.50. The van der Waals surface area contributed by atoms with E-state index in [4.69, 9.17) is 19.2 Å². The number of amides is 1. The number of hydrogen-bond acceptors (Lipinski definition) is 10. The van der Waals surface area contributed by atoms with Crippen molar-refractivity contribution in [2.45, 2.75) is 57.9 Å². The van der Waals surface area contributed by atoms with Gasteiger partial charge in [0, 0.05) is 42.3 Å². The number of nitrogens with one attached hydrogen (secondary N) is 2. The minimum atomic E-state index is -4.03. The largest absolute Gasteiger partial charge is 0.497 e. The average molecular weight is 729 g/mol. The Hall–Kier alpha value is -5.50. The van der Waals surface area contributed by atoms with E-state index in [1.165, 1.54) is 13.2 Å². The number of likely N-dealkylation sites (tertiary alicyclic amines) is 1. The van der Waals surface area contributed by atoms with Crippen molar-refractivity contribution in [3.8, 4) is 28.6 Å². The number of methoxy groups -OCH3 is 1. The summed E-state index contributed by atoms with van der Waals surface area (Å²) in [6.45, 7) is 8.43. The molecule has 6 rings (SSSR count). The summed E-state index contributed by atoms with van der Waals surface area (Å²) >= 11 is 0. The van der Waals surface area contributed by atoms with Crippen LogP contribution in [0.1, 0.15) is 44.7 Å². The standard InChI is InChI=1S/C38H41FN6O6S/c1-24-13-14-28-29(15-16-31(39)33(28)44-52(47,48)23-25-9-6-11-27(21-25)49-5)34(24)50-35-30(12-7-18-40-35)32-17-19-41-36(43-32)42-26-10-8-20-45(22-26)37(46)51-38(2,3)4/h6-7,9,11-19,21,26,44H,8,10,20,22-23H2,1-5H3,(H,41,42,43)/t26-/m0/s1. The molecule has 0 spiro atoms. The predicted molar refractivity (Wildman–Crippen MR) is 198 cm³/mol. The highest BCUT2D eigenvalue weighted by Gasteiger charge is 2.28. The van der Waals surface area contributed by atoms with E-state index in [1.54, 1.807) is 71.9 Å². The lowest BCUT2D eigenvalue weighted by Gasteiger charge is -2.34. The minimum absolute atomic E-state index is 0.0815. The summed E-state index contributed by atoms with van der Waals surface area (Å²) < 4.78 is 61.6. The molecule has 5 aromatic rings. The molecule has 52 heavy (non-hydrogen) atoms. The van der Waals surface area contributed by atoms with E-state index in [2.05, 4.69) is 20.0 Å². The first kappa shape index (κ1) is 36.3. The molecule has 0 bridgehead atoms. The molecule has 0 radical (unpaired) electrons. The number of ether oxygens (including phenoxy) is 3. The van der Waals surface area contributed by atoms with Crippen LogP contribution in [-0.2, 0) is 20.5 Å². The Morgan fingerprint density at radius 3 is 2.62 bits per heavy atom. The minimum Gasteiger partial charge on any atom is -0.497 e. The van der Waals surface area contributed by atoms with E-state index in [9.17, 15) is 13.2 Å². The van der Waals surface area contributed by atoms with Crippen molar-refractivity contribution in [3.63, 3.8) is 0 Å². The molecule has 14 heteroatoms. The first-order valence-electron chi connectivity index (χ1n) is 16.8. The quantitative estimate of drug-likeness (QED) is 0.147. The van der Waals surface area contributed by atoms with Crippen LogP contribution in [0.25, 0.3) is 22.0 Å². The highest BCUT2D eigenvalue weighted by Crippen LogP contribution is 2.40. The van der Waals surface area contributed by atoms with Crippen LogP contribution in [0.4, 0.5) is 20.8 Å². The van der Waals surface area contributed by atoms with Gasteiger partial charge in [-0.25, -0.2) is 32.6 Å². The zero-order valence-corrected chi connectivity index (χ0v) is 30.5. The topological polar surface area (TPSA) is 145 Å². The molecule has 0 unspecified atom stereocenters. The molecule has 1 aliphatic rings. The SMILES string of the molecule is COc1cccc(CS(=O)(=O)Nc2c(F)ccc3c(Oc4ncccc4-c4ccnc(N[C@H]5CCCN(C(=O)OC(C)(C)C)C5)n4)c(C)ccc23)c1. The maximum absolute atomic E-state index is 15.3. The van der Waals surface area contributed by atoms with Crippen molar-refractivity contribution in [1.82, 2.24) is 19.9 Å². The lowest BCUT2D eigenvalue weighted by molar-refractivity contribution is 0.0206. The maximum atomic E-state index is 15.3. The Morgan fingerprint density at radius 1 is 1.02 bits per heavy atom. The van der Waals surface area contributed by atoms with Crippen molar-refractivity contribution in [1.29, 1.82) is 0 Å². The number of pyridine rings is 1. The van der Waals surface area contributed by atoms with Gasteiger partial charge in [0.15, 0.2) is 0 Å². The molecule has 12 nitrogen and oxygen atoms in total. The first-order valence-corrected chi connectivity index (χ1v) is 18.5. The van der Waals surface area contributed by atoms with Crippen LogP contribution in [0.2, 0.25) is 0 Å². The van der Waals surface area contributed by atoms with Crippen LogP contribution in [-0.4, -0.2) is 66.2 Å². The fourth-order valence-electron chi connectivity index (χ4n) is 5.98. The monoisotopic (exact) mass is 728 g/mol. The summed E-state index contributed by atoms with van der Waals surface area (Å²) in [5.41, 5.74) is 1.54. The van der Waals surface area contributed by atoms with Crippen molar-refractivity contribution >= 4 is 38.5 Å². The maximum Gasteiger partial charge on any atom is 0.410 e. The number of fused-ring (bicyclic) bond motifs is 1. The Kier molecular flexibility index (Phi) is 10.5. The number of nitrogens with zero attached hydrogens (tertiary/aromatic N) is 4. The van der Waals surface area contributed by atoms with Crippen LogP contribution in [0.15, 0.2) is 79.1 Å². The van der Waals surface area contributed by atoms with E-state index in [-0.39, 0.29) is 29.5 Å². The van der Waals surface area contributed by atoms with E-state index in [1.807, 2.05) is 33.8 Å². The highest BCUT2D eigenvalue weighted by atomic mass is 32.2. The number of aryl methyl sites for hydroxylation is 1. The lowest BCUT2D eigenvalue weighted by atomic mass is 10.0. The predicted octanol–water partition coefficient (Wildman–Crippen LogP) is 7.69. The van der Waals surface area contributed by atoms with Gasteiger partial charge in [-0.1, -0.05) is 24.3 Å². The van der Waals surface area contributed by atoms with Crippen LogP contribution in [0.5, 0.6) is 17.4 Å². The Bertz CT molecular complexity index is 2210. The number of hydrogen-bond donors (Lipinski definition) is 2. The molecule has 0 aliphatic carbocycles. The normalized spacial score (nSPS) is 14.9. The van der Waals surface area contributed by atoms with Crippen molar-refractivity contribution in [2.75, 3.05) is 30.2 Å². The van der Waals surface area contributed by atoms with Gasteiger partial charge in [-0.05, 0) is 94.1 Å². The van der Waals surface area contributed by atoms with Gasteiger partial charge >= 0.3 is 6.09 Å². The van der Waals surface area contributed by atoms with Gasteiger partial charge in [0.25, 0.3) is 0 Å². The van der Waals surface area contributed by atoms with Gasteiger partial charge < -0.3 is 24.4 Å². The third-order valence-electron chi connectivity index (χ3n) is 8.35. The summed E-state index contributed by atoms with van der Waals surface area (Å²) in [4.78, 5) is 28.1. The zero-order valence-electron chi connectivity index (χ0n) is 29.6. The van der Waals surface area contributed by atoms with Gasteiger partial charge in [0.1, 0.15) is 22.9 Å². The third kappa shape index (κ3) is 8.68. The fourth-order valence-corrected chi connectivity index (χ4v) is 7.19. The smallest absolute Gasteiger partial charge is 0.410 e. The molecule has 2 aromatic heterocycles. The number of carbonyl (C=O) groups excluding carboxylic acids is 1. The van der Waals surface area contributed by atoms with E-state index in [0.29, 0.717) is 58.1 Å². The number of carbonyl (C=O) groups is 1. The van der Waals surface area contributed by atoms with E-state index < -0.39 is 21.4 Å². The molecular formula is C38H41FN6O6S. The second-order valence-electron chi connectivity index (χ2n) is 13.6. The number of anilines is 2. The van der Waals surface area contributed by atoms with Crippen LogP contribution >= 0.6 is 0 Å². The Balaban J connectivity index is 1.25. The molecule has 1 fully saturated rings. The molecule has 1 atom stereocenters. The van der Waals surface area contributed by atoms with Gasteiger partial charge in [0.2, 0.25) is 21.9 Å². The molecule has 3 heterocycles. The molecule has 3 aromatic carbocycles. The molecular weight excluding hydrogens is 688 g/mol. The van der Waals surface area contributed by atoms with Gasteiger partial charge in [0.05, 0.1) is 29.8 Å². The second kappa shape index (κ2) is 15.0. The first-order chi connectivity index (χ1) is 24.8. The number of aromatic nitrogens is 3. The number of rotatable bonds is 10. The number of benzene rings is 3. The fraction of sp³-hybridized carbons (Fsp3) is 0.316. The van der Waals surface area contributed by atoms with Gasteiger partial charge in [-0.3, -0.25) is 4.72 Å². The lowest BCUT2D eigenvalue weighted by Crippen LogP contribution is -2.47. The molecule has 0 saturated carbocycles. The summed E-state index contributed by atoms with van der Waals surface area (Å²) in [5.74, 6) is 0.392. The van der Waals surface area contributed by atoms with E-state index >= 15 is 4.39 Å². The summed E-state index contributed by atoms with van der Waals surface area (Å²) in [7, 11) is -2.53. The molecule has 1 aliphatic heterocycles. The van der Waals surface area contributed by atoms with Crippen molar-refractivity contribution in [2.24, 2.45) is 0 Å². The van der Waals surface area contributed by atoms with Gasteiger partial charge in [-0.2, -0.15) is 0 Å². The molecule has 1 amide bonds. The molecule has 1 saturated heterocycles. The zero-order chi connectivity index (χ0) is 37.0. The van der Waals surface area contributed by atoms with E-state index in [0.717, 1.165) is 18.4 Å². The van der Waals surface area contributed by atoms with Crippen LogP contribution in [0, 0.1) is 12.7 Å². The number of sulfonamides is 1.